The Bertz CT molecular complexity index is 155. The van der Waals surface area contributed by atoms with Gasteiger partial charge in [-0.2, -0.15) is 0 Å². The predicted molar refractivity (Wildman–Crippen MR) is 47.2 cm³/mol. The summed E-state index contributed by atoms with van der Waals surface area (Å²) in [6.07, 6.45) is 7.21. The van der Waals surface area contributed by atoms with Crippen molar-refractivity contribution in [1.82, 2.24) is 0 Å². The molecular formula is C10H19N. The van der Waals surface area contributed by atoms with Crippen LogP contribution in [-0.4, -0.2) is 6.54 Å². The maximum Gasteiger partial charge on any atom is -0.00744 e. The zero-order valence-corrected chi connectivity index (χ0v) is 7.47. The number of hydrogen-bond donors (Lipinski definition) is 1. The normalized spacial score (nSPS) is 48.5. The molecule has 3 unspecified atom stereocenters. The highest BCUT2D eigenvalue weighted by Crippen LogP contribution is 2.66. The monoisotopic (exact) mass is 153 g/mol. The summed E-state index contributed by atoms with van der Waals surface area (Å²) >= 11 is 0. The van der Waals surface area contributed by atoms with E-state index in [2.05, 4.69) is 6.92 Å². The average molecular weight is 153 g/mol. The summed E-state index contributed by atoms with van der Waals surface area (Å²) in [6, 6.07) is 0. The summed E-state index contributed by atoms with van der Waals surface area (Å²) in [6.45, 7) is 3.31. The molecule has 2 saturated carbocycles. The Labute approximate surface area is 69.4 Å². The van der Waals surface area contributed by atoms with Gasteiger partial charge in [-0.05, 0) is 49.5 Å². The molecule has 0 aromatic carbocycles. The molecule has 11 heavy (non-hydrogen) atoms. The van der Waals surface area contributed by atoms with Crippen LogP contribution in [0.1, 0.15) is 39.0 Å². The van der Waals surface area contributed by atoms with E-state index in [4.69, 9.17) is 5.73 Å². The van der Waals surface area contributed by atoms with Gasteiger partial charge in [-0.3, -0.25) is 0 Å². The van der Waals surface area contributed by atoms with E-state index in [1.807, 2.05) is 0 Å². The first-order valence-electron chi connectivity index (χ1n) is 4.99. The molecule has 0 aliphatic heterocycles. The fourth-order valence-electron chi connectivity index (χ4n) is 3.23. The minimum absolute atomic E-state index is 0.791. The Balaban J connectivity index is 1.99. The van der Waals surface area contributed by atoms with Crippen molar-refractivity contribution in [2.24, 2.45) is 23.0 Å². The summed E-state index contributed by atoms with van der Waals surface area (Å²) in [4.78, 5) is 0. The minimum atomic E-state index is 0.791. The van der Waals surface area contributed by atoms with E-state index in [1.54, 1.807) is 0 Å². The quantitative estimate of drug-likeness (QED) is 0.646. The molecule has 2 fully saturated rings. The molecule has 2 aliphatic rings. The third-order valence-electron chi connectivity index (χ3n) is 4.03. The summed E-state index contributed by atoms with van der Waals surface area (Å²) < 4.78 is 0. The first-order valence-corrected chi connectivity index (χ1v) is 4.99. The summed E-state index contributed by atoms with van der Waals surface area (Å²) in [5.74, 6) is 2.00. The second-order valence-electron chi connectivity index (χ2n) is 4.50. The molecule has 2 N–H and O–H groups in total. The highest BCUT2D eigenvalue weighted by Gasteiger charge is 2.57. The van der Waals surface area contributed by atoms with Crippen molar-refractivity contribution in [2.75, 3.05) is 6.54 Å². The number of nitrogens with two attached hydrogens (primary N) is 1. The Hall–Kier alpha value is -0.0400. The molecule has 1 nitrogen and oxygen atoms in total. The lowest BCUT2D eigenvalue weighted by atomic mass is 9.88. The standard InChI is InChI=1S/C10H19N/c1-8-7-10(8)5-2-3-9(10)4-6-11/h8-9H,2-7,11H2,1H3. The minimum Gasteiger partial charge on any atom is -0.330 e. The second kappa shape index (κ2) is 2.48. The molecule has 0 heterocycles. The molecule has 0 saturated heterocycles. The zero-order chi connectivity index (χ0) is 7.90. The van der Waals surface area contributed by atoms with Crippen LogP contribution in [0.4, 0.5) is 0 Å². The van der Waals surface area contributed by atoms with Crippen LogP contribution in [-0.2, 0) is 0 Å². The predicted octanol–water partition coefficient (Wildman–Crippen LogP) is 2.16. The zero-order valence-electron chi connectivity index (χ0n) is 7.47. The van der Waals surface area contributed by atoms with E-state index in [0.29, 0.717) is 0 Å². The molecule has 0 bridgehead atoms. The fraction of sp³-hybridized carbons (Fsp3) is 1.00. The van der Waals surface area contributed by atoms with E-state index in [0.717, 1.165) is 23.8 Å². The van der Waals surface area contributed by atoms with E-state index in [-0.39, 0.29) is 0 Å². The molecule has 2 aliphatic carbocycles. The van der Waals surface area contributed by atoms with Gasteiger partial charge in [-0.1, -0.05) is 13.3 Å². The third-order valence-corrected chi connectivity index (χ3v) is 4.03. The van der Waals surface area contributed by atoms with Gasteiger partial charge in [-0.15, -0.1) is 0 Å². The second-order valence-corrected chi connectivity index (χ2v) is 4.50. The number of hydrogen-bond acceptors (Lipinski definition) is 1. The molecule has 1 spiro atoms. The largest absolute Gasteiger partial charge is 0.330 e. The van der Waals surface area contributed by atoms with Gasteiger partial charge in [0.1, 0.15) is 0 Å². The van der Waals surface area contributed by atoms with Crippen molar-refractivity contribution < 1.29 is 0 Å². The molecule has 0 amide bonds. The van der Waals surface area contributed by atoms with Crippen LogP contribution in [0.2, 0.25) is 0 Å². The van der Waals surface area contributed by atoms with Crippen LogP contribution in [0.25, 0.3) is 0 Å². The van der Waals surface area contributed by atoms with E-state index < -0.39 is 0 Å². The maximum atomic E-state index is 5.60. The molecule has 2 rings (SSSR count). The summed E-state index contributed by atoms with van der Waals surface area (Å²) in [7, 11) is 0. The van der Waals surface area contributed by atoms with Gasteiger partial charge in [0.2, 0.25) is 0 Å². The molecule has 0 aromatic heterocycles. The molecular weight excluding hydrogens is 134 g/mol. The fourth-order valence-corrected chi connectivity index (χ4v) is 3.23. The van der Waals surface area contributed by atoms with Crippen molar-refractivity contribution in [3.63, 3.8) is 0 Å². The Morgan fingerprint density at radius 1 is 1.55 bits per heavy atom. The van der Waals surface area contributed by atoms with Crippen LogP contribution in [0.3, 0.4) is 0 Å². The van der Waals surface area contributed by atoms with Crippen molar-refractivity contribution in [3.05, 3.63) is 0 Å². The van der Waals surface area contributed by atoms with Crippen LogP contribution in [0.5, 0.6) is 0 Å². The molecule has 3 atom stereocenters. The van der Waals surface area contributed by atoms with Crippen molar-refractivity contribution in [1.29, 1.82) is 0 Å². The van der Waals surface area contributed by atoms with Gasteiger partial charge in [0.05, 0.1) is 0 Å². The molecule has 64 valence electrons. The van der Waals surface area contributed by atoms with E-state index >= 15 is 0 Å². The number of rotatable bonds is 2. The van der Waals surface area contributed by atoms with Crippen LogP contribution in [0, 0.1) is 17.3 Å². The lowest BCUT2D eigenvalue weighted by molar-refractivity contribution is 0.322. The van der Waals surface area contributed by atoms with Gasteiger partial charge < -0.3 is 5.73 Å². The van der Waals surface area contributed by atoms with Gasteiger partial charge in [0.15, 0.2) is 0 Å². The van der Waals surface area contributed by atoms with Crippen molar-refractivity contribution in [3.8, 4) is 0 Å². The first-order chi connectivity index (χ1) is 5.29. The summed E-state index contributed by atoms with van der Waals surface area (Å²) in [5, 5.41) is 0. The van der Waals surface area contributed by atoms with E-state index in [9.17, 15) is 0 Å². The van der Waals surface area contributed by atoms with Crippen LogP contribution >= 0.6 is 0 Å². The molecule has 0 radical (unpaired) electrons. The highest BCUT2D eigenvalue weighted by atomic mass is 14.6. The van der Waals surface area contributed by atoms with Gasteiger partial charge >= 0.3 is 0 Å². The Kier molecular flexibility index (Phi) is 1.71. The van der Waals surface area contributed by atoms with Crippen LogP contribution < -0.4 is 5.73 Å². The SMILES string of the molecule is CC1CC12CCCC2CCN. The smallest absolute Gasteiger partial charge is 0.00744 e. The lowest BCUT2D eigenvalue weighted by Gasteiger charge is -2.18. The van der Waals surface area contributed by atoms with Gasteiger partial charge in [0, 0.05) is 0 Å². The lowest BCUT2D eigenvalue weighted by Crippen LogP contribution is -2.15. The van der Waals surface area contributed by atoms with E-state index in [1.165, 1.54) is 32.1 Å². The van der Waals surface area contributed by atoms with Crippen LogP contribution in [0.15, 0.2) is 0 Å². The van der Waals surface area contributed by atoms with Crippen molar-refractivity contribution >= 4 is 0 Å². The first kappa shape index (κ1) is 7.60. The van der Waals surface area contributed by atoms with Crippen molar-refractivity contribution in [2.45, 2.75) is 39.0 Å². The maximum absolute atomic E-state index is 5.60. The molecule has 0 aromatic rings. The third kappa shape index (κ3) is 1.01. The summed E-state index contributed by atoms with van der Waals surface area (Å²) in [5.41, 5.74) is 6.39. The van der Waals surface area contributed by atoms with Gasteiger partial charge in [0.25, 0.3) is 0 Å². The Morgan fingerprint density at radius 3 is 2.82 bits per heavy atom. The Morgan fingerprint density at radius 2 is 2.27 bits per heavy atom. The van der Waals surface area contributed by atoms with Gasteiger partial charge in [-0.25, -0.2) is 0 Å². The topological polar surface area (TPSA) is 26.0 Å². The molecule has 1 heteroatoms. The average Bonchev–Trinajstić information content (AvgIpc) is 2.40. The highest BCUT2D eigenvalue weighted by molar-refractivity contribution is 5.07.